The van der Waals surface area contributed by atoms with Crippen molar-refractivity contribution < 1.29 is 9.53 Å². The molecular weight excluding hydrogens is 227 g/mol. The number of rotatable bonds is 2. The van der Waals surface area contributed by atoms with Gasteiger partial charge in [0.15, 0.2) is 0 Å². The van der Waals surface area contributed by atoms with Gasteiger partial charge in [0, 0.05) is 5.56 Å². The average molecular weight is 235 g/mol. The predicted octanol–water partition coefficient (Wildman–Crippen LogP) is 1.56. The van der Waals surface area contributed by atoms with E-state index in [2.05, 4.69) is 9.72 Å². The molecule has 0 bridgehead atoms. The number of aromatic nitrogens is 1. The van der Waals surface area contributed by atoms with Gasteiger partial charge in [0.2, 0.25) is 0 Å². The van der Waals surface area contributed by atoms with Crippen LogP contribution in [-0.4, -0.2) is 18.1 Å². The summed E-state index contributed by atoms with van der Waals surface area (Å²) in [5.74, 6) is -0.573. The Bertz CT molecular complexity index is 357. The third-order valence-electron chi connectivity index (χ3n) is 1.63. The van der Waals surface area contributed by atoms with Gasteiger partial charge in [-0.05, 0) is 6.07 Å². The molecule has 0 aliphatic carbocycles. The number of hydrogen-bond acceptors (Lipinski definition) is 4. The Balaban J connectivity index is 3.01. The summed E-state index contributed by atoms with van der Waals surface area (Å²) in [5.41, 5.74) is 5.95. The summed E-state index contributed by atoms with van der Waals surface area (Å²) in [6.07, 6.45) is 0. The molecule has 0 radical (unpaired) electrons. The van der Waals surface area contributed by atoms with Gasteiger partial charge in [-0.1, -0.05) is 29.3 Å². The van der Waals surface area contributed by atoms with E-state index in [0.717, 1.165) is 0 Å². The van der Waals surface area contributed by atoms with Crippen LogP contribution < -0.4 is 5.73 Å². The first kappa shape index (κ1) is 11.2. The van der Waals surface area contributed by atoms with E-state index in [-0.39, 0.29) is 10.3 Å². The van der Waals surface area contributed by atoms with E-state index in [1.54, 1.807) is 6.07 Å². The predicted molar refractivity (Wildman–Crippen MR) is 53.2 cm³/mol. The highest BCUT2D eigenvalue weighted by atomic mass is 35.5. The van der Waals surface area contributed by atoms with Gasteiger partial charge < -0.3 is 10.5 Å². The maximum absolute atomic E-state index is 11.1. The number of hydrogen-bond donors (Lipinski definition) is 1. The van der Waals surface area contributed by atoms with Crippen molar-refractivity contribution in [3.05, 3.63) is 28.0 Å². The molecule has 1 heterocycles. The zero-order chi connectivity index (χ0) is 10.7. The molecular formula is C8H8Cl2N2O2. The number of ether oxygens (including phenoxy) is 1. The molecule has 0 amide bonds. The van der Waals surface area contributed by atoms with Gasteiger partial charge in [0.25, 0.3) is 0 Å². The maximum atomic E-state index is 11.1. The molecule has 4 nitrogen and oxygen atoms in total. The van der Waals surface area contributed by atoms with Crippen LogP contribution in [0.5, 0.6) is 0 Å². The van der Waals surface area contributed by atoms with Crippen molar-refractivity contribution in [2.45, 2.75) is 6.04 Å². The molecule has 1 aromatic rings. The zero-order valence-electron chi connectivity index (χ0n) is 7.33. The summed E-state index contributed by atoms with van der Waals surface area (Å²) in [6.45, 7) is 0. The highest BCUT2D eigenvalue weighted by Crippen LogP contribution is 2.22. The van der Waals surface area contributed by atoms with Gasteiger partial charge in [-0.15, -0.1) is 0 Å². The Morgan fingerprint density at radius 2 is 2.21 bits per heavy atom. The van der Waals surface area contributed by atoms with E-state index < -0.39 is 12.0 Å². The number of halogens is 2. The Morgan fingerprint density at radius 3 is 2.71 bits per heavy atom. The van der Waals surface area contributed by atoms with Crippen LogP contribution >= 0.6 is 23.2 Å². The quantitative estimate of drug-likeness (QED) is 0.624. The van der Waals surface area contributed by atoms with Crippen LogP contribution in [0.2, 0.25) is 10.3 Å². The Labute approximate surface area is 91.0 Å². The summed E-state index contributed by atoms with van der Waals surface area (Å²) in [4.78, 5) is 14.8. The third-order valence-corrected chi connectivity index (χ3v) is 2.15. The van der Waals surface area contributed by atoms with Gasteiger partial charge in [-0.2, -0.15) is 0 Å². The fourth-order valence-corrected chi connectivity index (χ4v) is 1.37. The molecule has 0 unspecified atom stereocenters. The minimum absolute atomic E-state index is 0.107. The highest BCUT2D eigenvalue weighted by Gasteiger charge is 2.19. The summed E-state index contributed by atoms with van der Waals surface area (Å²) in [7, 11) is 1.25. The Morgan fingerprint density at radius 1 is 1.57 bits per heavy atom. The normalized spacial score (nSPS) is 12.3. The first-order valence-corrected chi connectivity index (χ1v) is 4.47. The van der Waals surface area contributed by atoms with E-state index in [1.165, 1.54) is 13.2 Å². The Hall–Kier alpha value is -0.840. The van der Waals surface area contributed by atoms with E-state index in [0.29, 0.717) is 5.56 Å². The molecule has 1 atom stereocenters. The number of esters is 1. The summed E-state index contributed by atoms with van der Waals surface area (Å²) in [6, 6.07) is 2.11. The molecule has 2 N–H and O–H groups in total. The molecule has 14 heavy (non-hydrogen) atoms. The topological polar surface area (TPSA) is 65.2 Å². The molecule has 1 rings (SSSR count). The molecule has 6 heteroatoms. The lowest BCUT2D eigenvalue weighted by Crippen LogP contribution is -2.23. The lowest BCUT2D eigenvalue weighted by Gasteiger charge is -2.10. The SMILES string of the molecule is COC(=O)[C@@H](N)c1ccc(Cl)nc1Cl. The number of methoxy groups -OCH3 is 1. The summed E-state index contributed by atoms with van der Waals surface area (Å²) >= 11 is 11.3. The van der Waals surface area contributed by atoms with Crippen LogP contribution in [0.4, 0.5) is 0 Å². The summed E-state index contributed by atoms with van der Waals surface area (Å²) < 4.78 is 4.47. The first-order valence-electron chi connectivity index (χ1n) is 3.71. The fraction of sp³-hybridized carbons (Fsp3) is 0.250. The van der Waals surface area contributed by atoms with Crippen molar-refractivity contribution in [2.75, 3.05) is 7.11 Å². The number of pyridine rings is 1. The van der Waals surface area contributed by atoms with Crippen LogP contribution in [0.25, 0.3) is 0 Å². The van der Waals surface area contributed by atoms with Crippen molar-refractivity contribution in [3.63, 3.8) is 0 Å². The number of nitrogens with zero attached hydrogens (tertiary/aromatic N) is 1. The van der Waals surface area contributed by atoms with E-state index in [4.69, 9.17) is 28.9 Å². The van der Waals surface area contributed by atoms with Crippen LogP contribution in [0, 0.1) is 0 Å². The number of carbonyl (C=O) groups excluding carboxylic acids is 1. The van der Waals surface area contributed by atoms with Gasteiger partial charge >= 0.3 is 5.97 Å². The summed E-state index contributed by atoms with van der Waals surface area (Å²) in [5, 5.41) is 0.353. The second-order valence-corrected chi connectivity index (χ2v) is 3.26. The van der Waals surface area contributed by atoms with Crippen molar-refractivity contribution in [1.82, 2.24) is 4.98 Å². The van der Waals surface area contributed by atoms with Gasteiger partial charge in [0.05, 0.1) is 7.11 Å². The molecule has 0 fully saturated rings. The van der Waals surface area contributed by atoms with Gasteiger partial charge in [-0.25, -0.2) is 4.98 Å². The third kappa shape index (κ3) is 2.35. The zero-order valence-corrected chi connectivity index (χ0v) is 8.84. The van der Waals surface area contributed by atoms with Crippen LogP contribution in [-0.2, 0) is 9.53 Å². The van der Waals surface area contributed by atoms with Crippen LogP contribution in [0.3, 0.4) is 0 Å². The van der Waals surface area contributed by atoms with Crippen molar-refractivity contribution >= 4 is 29.2 Å². The van der Waals surface area contributed by atoms with Crippen LogP contribution in [0.1, 0.15) is 11.6 Å². The van der Waals surface area contributed by atoms with Crippen molar-refractivity contribution in [3.8, 4) is 0 Å². The Kier molecular flexibility index (Phi) is 3.69. The molecule has 76 valence electrons. The van der Waals surface area contributed by atoms with Gasteiger partial charge in [-0.3, -0.25) is 4.79 Å². The van der Waals surface area contributed by atoms with Crippen molar-refractivity contribution in [2.24, 2.45) is 5.73 Å². The smallest absolute Gasteiger partial charge is 0.327 e. The molecule has 0 aliphatic rings. The second kappa shape index (κ2) is 4.59. The minimum Gasteiger partial charge on any atom is -0.468 e. The minimum atomic E-state index is -0.933. The molecule has 0 aromatic carbocycles. The monoisotopic (exact) mass is 234 g/mol. The molecule has 0 aliphatic heterocycles. The lowest BCUT2D eigenvalue weighted by atomic mass is 10.1. The van der Waals surface area contributed by atoms with E-state index in [9.17, 15) is 4.79 Å². The van der Waals surface area contributed by atoms with Gasteiger partial charge in [0.1, 0.15) is 16.3 Å². The average Bonchev–Trinajstić information content (AvgIpc) is 2.15. The first-order chi connectivity index (χ1) is 6.56. The lowest BCUT2D eigenvalue weighted by molar-refractivity contribution is -0.142. The highest BCUT2D eigenvalue weighted by molar-refractivity contribution is 6.33. The standard InChI is InChI=1S/C8H8Cl2N2O2/c1-14-8(13)6(11)4-2-3-5(9)12-7(4)10/h2-3,6H,11H2,1H3/t6-/m0/s1. The molecule has 1 aromatic heterocycles. The maximum Gasteiger partial charge on any atom is 0.327 e. The molecule has 0 saturated carbocycles. The van der Waals surface area contributed by atoms with E-state index >= 15 is 0 Å². The molecule has 0 saturated heterocycles. The fourth-order valence-electron chi connectivity index (χ4n) is 0.909. The number of carbonyl (C=O) groups is 1. The second-order valence-electron chi connectivity index (χ2n) is 2.51. The molecule has 0 spiro atoms. The van der Waals surface area contributed by atoms with E-state index in [1.807, 2.05) is 0 Å². The van der Waals surface area contributed by atoms with Crippen LogP contribution in [0.15, 0.2) is 12.1 Å². The number of nitrogens with two attached hydrogens (primary N) is 1. The largest absolute Gasteiger partial charge is 0.468 e. The van der Waals surface area contributed by atoms with Crippen molar-refractivity contribution in [1.29, 1.82) is 0 Å².